The van der Waals surface area contributed by atoms with E-state index >= 15 is 0 Å². The number of nitrogens with one attached hydrogen (secondary N) is 1. The highest BCUT2D eigenvalue weighted by Crippen LogP contribution is 2.33. The number of hydrogen-bond acceptors (Lipinski definition) is 4. The van der Waals surface area contributed by atoms with E-state index in [0.717, 1.165) is 6.54 Å². The van der Waals surface area contributed by atoms with Gasteiger partial charge in [0.25, 0.3) is 5.91 Å². The monoisotopic (exact) mass is 262 g/mol. The van der Waals surface area contributed by atoms with Crippen molar-refractivity contribution in [2.45, 2.75) is 20.0 Å². The van der Waals surface area contributed by atoms with Crippen LogP contribution in [0.5, 0.6) is 5.75 Å². The minimum Gasteiger partial charge on any atom is -0.479 e. The Morgan fingerprint density at radius 1 is 1.47 bits per heavy atom. The van der Waals surface area contributed by atoms with Crippen LogP contribution in [0.2, 0.25) is 0 Å². The molecule has 0 fully saturated rings. The van der Waals surface area contributed by atoms with Crippen LogP contribution >= 0.6 is 0 Å². The average molecular weight is 262 g/mol. The van der Waals surface area contributed by atoms with Gasteiger partial charge in [-0.15, -0.1) is 0 Å². The number of ether oxygens (including phenoxy) is 1. The molecule has 0 saturated carbocycles. The van der Waals surface area contributed by atoms with E-state index in [1.54, 1.807) is 32.2 Å². The Bertz CT molecular complexity index is 513. The molecule has 1 unspecified atom stereocenters. The minimum atomic E-state index is -0.485. The Morgan fingerprint density at radius 2 is 2.21 bits per heavy atom. The van der Waals surface area contributed by atoms with Crippen LogP contribution < -0.4 is 15.0 Å². The Hall–Kier alpha value is -1.88. The molecular weight excluding hydrogens is 244 g/mol. The molecule has 1 aromatic rings. The topological polar surface area (TPSA) is 58.6 Å². The average Bonchev–Trinajstić information content (AvgIpc) is 2.42. The van der Waals surface area contributed by atoms with Gasteiger partial charge in [0.15, 0.2) is 11.9 Å². The molecule has 0 aliphatic carbocycles. The minimum absolute atomic E-state index is 0.00382. The van der Waals surface area contributed by atoms with Crippen LogP contribution in [0.1, 0.15) is 24.2 Å². The van der Waals surface area contributed by atoms with Gasteiger partial charge in [0, 0.05) is 12.6 Å². The van der Waals surface area contributed by atoms with E-state index in [1.165, 1.54) is 4.90 Å². The molecule has 0 aromatic heterocycles. The smallest absolute Gasteiger partial charge is 0.267 e. The highest BCUT2D eigenvalue weighted by Gasteiger charge is 2.29. The summed E-state index contributed by atoms with van der Waals surface area (Å²) in [6, 6.07) is 5.18. The van der Waals surface area contributed by atoms with Crippen molar-refractivity contribution in [3.8, 4) is 5.75 Å². The summed E-state index contributed by atoms with van der Waals surface area (Å²) in [5.41, 5.74) is 1.22. The van der Waals surface area contributed by atoms with Gasteiger partial charge in [-0.25, -0.2) is 0 Å². The van der Waals surface area contributed by atoms with Crippen LogP contribution in [0.25, 0.3) is 0 Å². The Balaban J connectivity index is 2.28. The molecule has 1 N–H and O–H groups in total. The summed E-state index contributed by atoms with van der Waals surface area (Å²) in [5.74, 6) is 0.530. The fourth-order valence-corrected chi connectivity index (χ4v) is 2.03. The predicted octanol–water partition coefficient (Wildman–Crippen LogP) is 1.22. The van der Waals surface area contributed by atoms with Crippen LogP contribution in [0.3, 0.4) is 0 Å². The van der Waals surface area contributed by atoms with E-state index in [4.69, 9.17) is 4.74 Å². The van der Waals surface area contributed by atoms with Gasteiger partial charge < -0.3 is 15.0 Å². The molecule has 2 rings (SSSR count). The highest BCUT2D eigenvalue weighted by atomic mass is 16.5. The van der Waals surface area contributed by atoms with Crippen molar-refractivity contribution in [2.24, 2.45) is 0 Å². The second kappa shape index (κ2) is 5.40. The zero-order chi connectivity index (χ0) is 14.0. The maximum absolute atomic E-state index is 11.9. The molecular formula is C14H18N2O3. The lowest BCUT2D eigenvalue weighted by molar-refractivity contribution is -0.125. The van der Waals surface area contributed by atoms with Crippen LogP contribution in [-0.2, 0) is 4.79 Å². The molecule has 1 aliphatic rings. The summed E-state index contributed by atoms with van der Waals surface area (Å²) in [5, 5.41) is 2.99. The first-order chi connectivity index (χ1) is 9.04. The SMILES string of the molecule is CCNCC(=O)c1ccc2c(c1)N(C)C(=O)C(C)O2. The summed E-state index contributed by atoms with van der Waals surface area (Å²) in [7, 11) is 1.69. The number of fused-ring (bicyclic) bond motifs is 1. The van der Waals surface area contributed by atoms with Gasteiger partial charge in [0.1, 0.15) is 5.75 Å². The van der Waals surface area contributed by atoms with Gasteiger partial charge >= 0.3 is 0 Å². The lowest BCUT2D eigenvalue weighted by atomic mass is 10.1. The summed E-state index contributed by atoms with van der Waals surface area (Å²) in [4.78, 5) is 25.3. The third-order valence-electron chi connectivity index (χ3n) is 3.16. The largest absolute Gasteiger partial charge is 0.479 e. The summed E-state index contributed by atoms with van der Waals surface area (Å²) >= 11 is 0. The van der Waals surface area contributed by atoms with Crippen molar-refractivity contribution in [2.75, 3.05) is 25.0 Å². The molecule has 5 nitrogen and oxygen atoms in total. The number of hydrogen-bond donors (Lipinski definition) is 1. The third-order valence-corrected chi connectivity index (χ3v) is 3.16. The summed E-state index contributed by atoms with van der Waals surface area (Å²) in [6.45, 7) is 4.70. The van der Waals surface area contributed by atoms with Crippen molar-refractivity contribution < 1.29 is 14.3 Å². The highest BCUT2D eigenvalue weighted by molar-refractivity contribution is 6.03. The fourth-order valence-electron chi connectivity index (χ4n) is 2.03. The Morgan fingerprint density at radius 3 is 2.89 bits per heavy atom. The van der Waals surface area contributed by atoms with E-state index in [0.29, 0.717) is 23.5 Å². The molecule has 0 bridgehead atoms. The molecule has 1 atom stereocenters. The van der Waals surface area contributed by atoms with Crippen LogP contribution in [-0.4, -0.2) is 37.9 Å². The summed E-state index contributed by atoms with van der Waals surface area (Å²) in [6.07, 6.45) is -0.485. The molecule has 19 heavy (non-hydrogen) atoms. The normalized spacial score (nSPS) is 17.9. The van der Waals surface area contributed by atoms with Crippen molar-refractivity contribution in [3.05, 3.63) is 23.8 Å². The molecule has 0 radical (unpaired) electrons. The van der Waals surface area contributed by atoms with Crippen molar-refractivity contribution in [1.82, 2.24) is 5.32 Å². The molecule has 0 saturated heterocycles. The maximum Gasteiger partial charge on any atom is 0.267 e. The van der Waals surface area contributed by atoms with Gasteiger partial charge in [0.05, 0.1) is 12.2 Å². The number of ketones is 1. The standard InChI is InChI=1S/C14H18N2O3/c1-4-15-8-12(17)10-5-6-13-11(7-10)16(3)14(18)9(2)19-13/h5-7,9,15H,4,8H2,1-3H3. The van der Waals surface area contributed by atoms with Gasteiger partial charge in [-0.05, 0) is 31.7 Å². The van der Waals surface area contributed by atoms with E-state index in [9.17, 15) is 9.59 Å². The molecule has 5 heteroatoms. The lowest BCUT2D eigenvalue weighted by Gasteiger charge is -2.30. The van der Waals surface area contributed by atoms with Crippen LogP contribution in [0.15, 0.2) is 18.2 Å². The number of amides is 1. The van der Waals surface area contributed by atoms with E-state index < -0.39 is 6.10 Å². The molecule has 1 aromatic carbocycles. The number of carbonyl (C=O) groups excluding carboxylic acids is 2. The van der Waals surface area contributed by atoms with Crippen molar-refractivity contribution in [1.29, 1.82) is 0 Å². The molecule has 1 aliphatic heterocycles. The second-order valence-electron chi connectivity index (χ2n) is 4.54. The van der Waals surface area contributed by atoms with Gasteiger partial charge in [0.2, 0.25) is 0 Å². The molecule has 1 amide bonds. The first-order valence-corrected chi connectivity index (χ1v) is 6.36. The Labute approximate surface area is 112 Å². The van der Waals surface area contributed by atoms with Crippen molar-refractivity contribution in [3.63, 3.8) is 0 Å². The molecule has 1 heterocycles. The third kappa shape index (κ3) is 2.61. The zero-order valence-electron chi connectivity index (χ0n) is 11.4. The number of carbonyl (C=O) groups is 2. The molecule has 0 spiro atoms. The number of anilines is 1. The van der Waals surface area contributed by atoms with E-state index in [-0.39, 0.29) is 11.7 Å². The van der Waals surface area contributed by atoms with E-state index in [1.807, 2.05) is 6.92 Å². The number of Topliss-reactive ketones (excluding diaryl/α,β-unsaturated/α-hetero) is 1. The maximum atomic E-state index is 11.9. The quantitative estimate of drug-likeness (QED) is 0.829. The molecule has 102 valence electrons. The second-order valence-corrected chi connectivity index (χ2v) is 4.54. The summed E-state index contributed by atoms with van der Waals surface area (Å²) < 4.78 is 5.51. The predicted molar refractivity (Wildman–Crippen MR) is 72.8 cm³/mol. The number of rotatable bonds is 4. The van der Waals surface area contributed by atoms with Gasteiger partial charge in [-0.3, -0.25) is 9.59 Å². The van der Waals surface area contributed by atoms with Gasteiger partial charge in [-0.2, -0.15) is 0 Å². The number of likely N-dealkylation sites (N-methyl/N-ethyl adjacent to an activating group) is 2. The zero-order valence-corrected chi connectivity index (χ0v) is 11.4. The first-order valence-electron chi connectivity index (χ1n) is 6.36. The van der Waals surface area contributed by atoms with E-state index in [2.05, 4.69) is 5.32 Å². The number of nitrogens with zero attached hydrogens (tertiary/aromatic N) is 1. The number of benzene rings is 1. The van der Waals surface area contributed by atoms with Gasteiger partial charge in [-0.1, -0.05) is 6.92 Å². The Kier molecular flexibility index (Phi) is 3.85. The van der Waals surface area contributed by atoms with Crippen LogP contribution in [0.4, 0.5) is 5.69 Å². The first kappa shape index (κ1) is 13.5. The lowest BCUT2D eigenvalue weighted by Crippen LogP contribution is -2.42. The van der Waals surface area contributed by atoms with Crippen LogP contribution in [0, 0.1) is 0 Å². The fraction of sp³-hybridized carbons (Fsp3) is 0.429. The van der Waals surface area contributed by atoms with Crippen molar-refractivity contribution >= 4 is 17.4 Å².